The van der Waals surface area contributed by atoms with Crippen LogP contribution in [0.2, 0.25) is 0 Å². The van der Waals surface area contributed by atoms with E-state index in [2.05, 4.69) is 24.0 Å². The quantitative estimate of drug-likeness (QED) is 0.779. The highest BCUT2D eigenvalue weighted by atomic mass is 16.5. The molecule has 0 amide bonds. The van der Waals surface area contributed by atoms with Crippen molar-refractivity contribution in [3.05, 3.63) is 29.8 Å². The van der Waals surface area contributed by atoms with Gasteiger partial charge in [0.2, 0.25) is 0 Å². The third-order valence-corrected chi connectivity index (χ3v) is 3.51. The van der Waals surface area contributed by atoms with Crippen LogP contribution < -0.4 is 5.73 Å². The molecule has 1 aliphatic heterocycles. The molecule has 0 radical (unpaired) electrons. The maximum Gasteiger partial charge on any atom is 0.0933 e. The second kappa shape index (κ2) is 6.18. The normalized spacial score (nSPS) is 25.2. The zero-order chi connectivity index (χ0) is 13.0. The summed E-state index contributed by atoms with van der Waals surface area (Å²) in [5.74, 6) is 0. The van der Waals surface area contributed by atoms with E-state index in [1.807, 2.05) is 12.1 Å². The Kier molecular flexibility index (Phi) is 4.58. The molecule has 0 saturated carbocycles. The zero-order valence-electron chi connectivity index (χ0n) is 10.9. The van der Waals surface area contributed by atoms with Crippen LogP contribution in [0.5, 0.6) is 0 Å². The monoisotopic (exact) mass is 250 g/mol. The summed E-state index contributed by atoms with van der Waals surface area (Å²) in [5, 5.41) is 9.15. The van der Waals surface area contributed by atoms with E-state index in [1.54, 1.807) is 0 Å². The lowest BCUT2D eigenvalue weighted by Gasteiger charge is -2.37. The number of ether oxygens (including phenoxy) is 1. The first kappa shape index (κ1) is 13.3. The maximum absolute atomic E-state index is 9.15. The van der Waals surface area contributed by atoms with Crippen LogP contribution in [0.3, 0.4) is 0 Å². The number of nitrogens with two attached hydrogens (primary N) is 1. The number of rotatable bonds is 4. The number of nitrogens with zero attached hydrogens (tertiary/aromatic N) is 1. The molecule has 18 heavy (non-hydrogen) atoms. The van der Waals surface area contributed by atoms with Gasteiger partial charge in [-0.3, -0.25) is 4.90 Å². The van der Waals surface area contributed by atoms with Crippen LogP contribution in [0, 0.1) is 0 Å². The van der Waals surface area contributed by atoms with Gasteiger partial charge in [-0.15, -0.1) is 0 Å². The van der Waals surface area contributed by atoms with Crippen molar-refractivity contribution in [2.75, 3.05) is 32.0 Å². The van der Waals surface area contributed by atoms with E-state index in [-0.39, 0.29) is 12.7 Å². The minimum atomic E-state index is -0.0346. The third-order valence-electron chi connectivity index (χ3n) is 3.51. The Morgan fingerprint density at radius 2 is 2.11 bits per heavy atom. The van der Waals surface area contributed by atoms with Crippen molar-refractivity contribution in [3.63, 3.8) is 0 Å². The molecule has 1 aromatic rings. The number of nitrogen functional groups attached to an aromatic ring is 1. The van der Waals surface area contributed by atoms with E-state index in [0.717, 1.165) is 25.2 Å². The maximum atomic E-state index is 9.15. The molecule has 4 heteroatoms. The Morgan fingerprint density at radius 1 is 1.39 bits per heavy atom. The van der Waals surface area contributed by atoms with E-state index in [0.29, 0.717) is 12.6 Å². The molecule has 1 fully saturated rings. The average molecular weight is 250 g/mol. The first-order valence-electron chi connectivity index (χ1n) is 6.50. The summed E-state index contributed by atoms with van der Waals surface area (Å²) in [6.45, 7) is 4.77. The Hall–Kier alpha value is -1.10. The molecular weight excluding hydrogens is 228 g/mol. The number of hydrogen-bond acceptors (Lipinski definition) is 4. The molecule has 0 spiro atoms. The lowest BCUT2D eigenvalue weighted by atomic mass is 10.1. The fourth-order valence-electron chi connectivity index (χ4n) is 2.25. The molecule has 4 nitrogen and oxygen atoms in total. The Morgan fingerprint density at radius 3 is 2.78 bits per heavy atom. The van der Waals surface area contributed by atoms with Gasteiger partial charge in [-0.1, -0.05) is 12.1 Å². The summed E-state index contributed by atoms with van der Waals surface area (Å²) in [4.78, 5) is 2.38. The van der Waals surface area contributed by atoms with Crippen molar-refractivity contribution in [1.82, 2.24) is 4.90 Å². The first-order valence-corrected chi connectivity index (χ1v) is 6.50. The summed E-state index contributed by atoms with van der Waals surface area (Å²) in [5.41, 5.74) is 7.77. The zero-order valence-corrected chi connectivity index (χ0v) is 10.9. The van der Waals surface area contributed by atoms with Gasteiger partial charge in [0.1, 0.15) is 0 Å². The molecule has 1 saturated heterocycles. The fraction of sp³-hybridized carbons (Fsp3) is 0.571. The minimum Gasteiger partial charge on any atom is -0.399 e. The topological polar surface area (TPSA) is 58.7 Å². The summed E-state index contributed by atoms with van der Waals surface area (Å²) >= 11 is 0. The van der Waals surface area contributed by atoms with Crippen molar-refractivity contribution in [3.8, 4) is 0 Å². The molecule has 100 valence electrons. The van der Waals surface area contributed by atoms with Crippen molar-refractivity contribution < 1.29 is 9.84 Å². The van der Waals surface area contributed by atoms with Gasteiger partial charge in [0.05, 0.1) is 19.3 Å². The van der Waals surface area contributed by atoms with Gasteiger partial charge in [0.15, 0.2) is 0 Å². The molecule has 1 aliphatic rings. The van der Waals surface area contributed by atoms with Crippen LogP contribution in [-0.4, -0.2) is 48.5 Å². The van der Waals surface area contributed by atoms with Gasteiger partial charge in [-0.05, 0) is 31.0 Å². The van der Waals surface area contributed by atoms with Gasteiger partial charge in [-0.25, -0.2) is 0 Å². The third kappa shape index (κ3) is 3.45. The van der Waals surface area contributed by atoms with Crippen molar-refractivity contribution in [2.45, 2.75) is 25.5 Å². The predicted octanol–water partition coefficient (Wildman–Crippen LogP) is 0.893. The Labute approximate surface area is 108 Å². The smallest absolute Gasteiger partial charge is 0.0933 e. The van der Waals surface area contributed by atoms with Gasteiger partial charge in [0.25, 0.3) is 0 Å². The summed E-state index contributed by atoms with van der Waals surface area (Å²) in [7, 11) is 0. The molecule has 1 heterocycles. The highest BCUT2D eigenvalue weighted by molar-refractivity contribution is 5.39. The van der Waals surface area contributed by atoms with Crippen LogP contribution in [-0.2, 0) is 11.2 Å². The van der Waals surface area contributed by atoms with E-state index < -0.39 is 0 Å². The summed E-state index contributed by atoms with van der Waals surface area (Å²) < 4.78 is 5.53. The number of hydrogen-bond donors (Lipinski definition) is 2. The highest BCUT2D eigenvalue weighted by Crippen LogP contribution is 2.13. The van der Waals surface area contributed by atoms with Crippen LogP contribution in [0.15, 0.2) is 24.3 Å². The number of aliphatic hydroxyl groups excluding tert-OH is 1. The molecule has 2 atom stereocenters. The highest BCUT2D eigenvalue weighted by Gasteiger charge is 2.24. The largest absolute Gasteiger partial charge is 0.399 e. The number of morpholine rings is 1. The molecule has 0 aromatic heterocycles. The molecule has 2 rings (SSSR count). The van der Waals surface area contributed by atoms with Crippen molar-refractivity contribution >= 4 is 5.69 Å². The standard InChI is InChI=1S/C14H22N2O2/c1-11-10-18-14(9-17)8-16(11)7-6-12-2-4-13(15)5-3-12/h2-5,11,14,17H,6-10,15H2,1H3. The van der Waals surface area contributed by atoms with Gasteiger partial charge >= 0.3 is 0 Å². The number of benzene rings is 1. The van der Waals surface area contributed by atoms with E-state index in [1.165, 1.54) is 5.56 Å². The summed E-state index contributed by atoms with van der Waals surface area (Å²) in [6.07, 6.45) is 0.968. The lowest BCUT2D eigenvalue weighted by Crippen LogP contribution is -2.50. The van der Waals surface area contributed by atoms with Crippen LogP contribution >= 0.6 is 0 Å². The van der Waals surface area contributed by atoms with Gasteiger partial charge in [0, 0.05) is 24.8 Å². The van der Waals surface area contributed by atoms with E-state index in [4.69, 9.17) is 15.6 Å². The molecule has 2 unspecified atom stereocenters. The molecule has 0 bridgehead atoms. The molecule has 0 aliphatic carbocycles. The van der Waals surface area contributed by atoms with E-state index in [9.17, 15) is 0 Å². The van der Waals surface area contributed by atoms with Crippen LogP contribution in [0.25, 0.3) is 0 Å². The first-order chi connectivity index (χ1) is 8.69. The fourth-order valence-corrected chi connectivity index (χ4v) is 2.25. The Balaban J connectivity index is 1.86. The lowest BCUT2D eigenvalue weighted by molar-refractivity contribution is -0.0772. The van der Waals surface area contributed by atoms with Gasteiger partial charge < -0.3 is 15.6 Å². The van der Waals surface area contributed by atoms with Crippen LogP contribution in [0.1, 0.15) is 12.5 Å². The predicted molar refractivity (Wildman–Crippen MR) is 72.4 cm³/mol. The van der Waals surface area contributed by atoms with Crippen LogP contribution in [0.4, 0.5) is 5.69 Å². The average Bonchev–Trinajstić information content (AvgIpc) is 2.40. The molecule has 1 aromatic carbocycles. The Bertz CT molecular complexity index is 367. The second-order valence-electron chi connectivity index (χ2n) is 4.97. The summed E-state index contributed by atoms with van der Waals surface area (Å²) in [6, 6.07) is 8.44. The van der Waals surface area contributed by atoms with Gasteiger partial charge in [-0.2, -0.15) is 0 Å². The molecular formula is C14H22N2O2. The molecule has 3 N–H and O–H groups in total. The SMILES string of the molecule is CC1COC(CO)CN1CCc1ccc(N)cc1. The number of aliphatic hydroxyl groups is 1. The van der Waals surface area contributed by atoms with E-state index >= 15 is 0 Å². The van der Waals surface area contributed by atoms with Crippen molar-refractivity contribution in [2.24, 2.45) is 0 Å². The minimum absolute atomic E-state index is 0.0346. The second-order valence-corrected chi connectivity index (χ2v) is 4.97. The number of anilines is 1. The van der Waals surface area contributed by atoms with Crippen molar-refractivity contribution in [1.29, 1.82) is 0 Å².